The smallest absolute Gasteiger partial charge is 0.129 e. The number of carboxylic acids is 2. The molecule has 6 nitrogen and oxygen atoms in total. The van der Waals surface area contributed by atoms with Crippen molar-refractivity contribution in [3.05, 3.63) is 0 Å². The molecule has 0 saturated heterocycles. The minimum Gasteiger partial charge on any atom is -0.549 e. The second-order valence-corrected chi connectivity index (χ2v) is 26.9. The summed E-state index contributed by atoms with van der Waals surface area (Å²) in [6, 6.07) is 0. The monoisotopic (exact) mass is 1160 g/mol. The summed E-state index contributed by atoms with van der Waals surface area (Å²) in [5.74, 6) is -2.64. The van der Waals surface area contributed by atoms with Crippen LogP contribution in [0.4, 0.5) is 0 Å². The zero-order valence-electron chi connectivity index (χ0n) is 56.6. The highest BCUT2D eigenvalue weighted by Gasteiger charge is 2.43. The molecule has 0 heterocycles. The summed E-state index contributed by atoms with van der Waals surface area (Å²) in [6.45, 7) is 10.4. The van der Waals surface area contributed by atoms with Crippen molar-refractivity contribution in [2.75, 3.05) is 13.1 Å². The normalized spacial score (nSPS) is 12.4. The standard InChI is InChI=1S/C76H151NO5/c1-5-9-13-17-21-25-29-33-37-41-45-49-53-57-61-65-69-76(75(80)81,70-66-62-58-54-50-46-42-38-34-30-26-22-18-14-10-6-2)73(74(78)79)82-77(71-67-63-59-55-51-47-43-39-35-31-27-23-19-15-11-7-3)72-68-64-60-56-52-48-44-40-36-32-28-24-20-16-12-8-4/h73H,5-72H2,1-4H3,(H,78,79)(H,80,81)/p-2. The summed E-state index contributed by atoms with van der Waals surface area (Å²) in [6.07, 6.45) is 80.6. The van der Waals surface area contributed by atoms with E-state index in [1.165, 1.54) is 334 Å². The largest absolute Gasteiger partial charge is 0.549 e. The highest BCUT2D eigenvalue weighted by molar-refractivity contribution is 5.83. The van der Waals surface area contributed by atoms with E-state index in [0.29, 0.717) is 25.9 Å². The van der Waals surface area contributed by atoms with Crippen LogP contribution in [-0.2, 0) is 14.4 Å². The lowest BCUT2D eigenvalue weighted by Crippen LogP contribution is -2.59. The lowest BCUT2D eigenvalue weighted by molar-refractivity contribution is -0.357. The number of nitrogens with zero attached hydrogens (tertiary/aromatic N) is 1. The molecule has 1 atom stereocenters. The minimum absolute atomic E-state index is 0.275. The summed E-state index contributed by atoms with van der Waals surface area (Å²) in [7, 11) is 0. The first-order chi connectivity index (χ1) is 40.4. The maximum atomic E-state index is 13.7. The molecule has 0 N–H and O–H groups in total. The van der Waals surface area contributed by atoms with Crippen LogP contribution in [-0.4, -0.2) is 36.2 Å². The van der Waals surface area contributed by atoms with Crippen LogP contribution in [0.15, 0.2) is 0 Å². The van der Waals surface area contributed by atoms with E-state index < -0.39 is 23.5 Å². The molecular weight excluding hydrogens is 1010 g/mol. The average Bonchev–Trinajstić information content (AvgIpc) is 3.65. The van der Waals surface area contributed by atoms with E-state index in [-0.39, 0.29) is 12.8 Å². The van der Waals surface area contributed by atoms with Gasteiger partial charge >= 0.3 is 0 Å². The first kappa shape index (κ1) is 80.9. The van der Waals surface area contributed by atoms with Gasteiger partial charge in [-0.2, -0.15) is 5.06 Å². The number of hydroxylamine groups is 2. The van der Waals surface area contributed by atoms with Gasteiger partial charge in [0.1, 0.15) is 6.10 Å². The van der Waals surface area contributed by atoms with Gasteiger partial charge in [-0.3, -0.25) is 4.84 Å². The van der Waals surface area contributed by atoms with Crippen LogP contribution in [0.3, 0.4) is 0 Å². The molecule has 0 aliphatic heterocycles. The van der Waals surface area contributed by atoms with Crippen molar-refractivity contribution >= 4 is 11.9 Å². The molecule has 0 fully saturated rings. The Bertz CT molecular complexity index is 1170. The maximum absolute atomic E-state index is 13.7. The quantitative estimate of drug-likeness (QED) is 0.0445. The van der Waals surface area contributed by atoms with Gasteiger partial charge in [0.15, 0.2) is 0 Å². The van der Waals surface area contributed by atoms with E-state index in [1.807, 2.05) is 5.06 Å². The van der Waals surface area contributed by atoms with Crippen LogP contribution in [0.1, 0.15) is 451 Å². The number of carbonyl (C=O) groups excluding carboxylic acids is 2. The average molecular weight is 1160 g/mol. The number of carbonyl (C=O) groups is 2. The number of hydrogen-bond donors (Lipinski definition) is 0. The molecule has 490 valence electrons. The van der Waals surface area contributed by atoms with Gasteiger partial charge in [-0.15, -0.1) is 0 Å². The second-order valence-electron chi connectivity index (χ2n) is 26.9. The van der Waals surface area contributed by atoms with E-state index in [2.05, 4.69) is 27.7 Å². The zero-order valence-corrected chi connectivity index (χ0v) is 56.6. The second kappa shape index (κ2) is 67.4. The van der Waals surface area contributed by atoms with Crippen molar-refractivity contribution < 1.29 is 24.6 Å². The molecule has 6 heteroatoms. The minimum atomic E-state index is -1.60. The topological polar surface area (TPSA) is 92.7 Å². The SMILES string of the molecule is CCCCCCCCCCCCCCCCCCN(CCCCCCCCCCCCCCCCCC)OC(C(=O)[O-])C(CCCCCCCCCCCCCCCCCC)(CCCCCCCCCCCCCCCCCC)C(=O)[O-]. The van der Waals surface area contributed by atoms with Crippen LogP contribution in [0, 0.1) is 5.41 Å². The molecule has 0 saturated carbocycles. The van der Waals surface area contributed by atoms with Crippen LogP contribution in [0.25, 0.3) is 0 Å². The first-order valence-corrected chi connectivity index (χ1v) is 38.2. The van der Waals surface area contributed by atoms with Crippen molar-refractivity contribution in [3.8, 4) is 0 Å². The van der Waals surface area contributed by atoms with E-state index >= 15 is 0 Å². The fourth-order valence-corrected chi connectivity index (χ4v) is 13.1. The number of unbranched alkanes of at least 4 members (excludes halogenated alkanes) is 60. The Hall–Kier alpha value is -1.14. The van der Waals surface area contributed by atoms with Crippen LogP contribution in [0.2, 0.25) is 0 Å². The van der Waals surface area contributed by atoms with Gasteiger partial charge < -0.3 is 19.8 Å². The van der Waals surface area contributed by atoms with Crippen LogP contribution >= 0.6 is 0 Å². The predicted octanol–water partition coefficient (Wildman–Crippen LogP) is 23.9. The molecule has 0 aromatic rings. The van der Waals surface area contributed by atoms with Crippen molar-refractivity contribution in [1.29, 1.82) is 0 Å². The molecule has 0 rings (SSSR count). The fraction of sp³-hybridized carbons (Fsp3) is 0.974. The fourth-order valence-electron chi connectivity index (χ4n) is 13.1. The molecule has 0 amide bonds. The number of carboxylic acid groups (broad SMARTS) is 2. The van der Waals surface area contributed by atoms with E-state index in [9.17, 15) is 19.8 Å². The third-order valence-corrected chi connectivity index (χ3v) is 18.9. The predicted molar refractivity (Wildman–Crippen MR) is 356 cm³/mol. The molecule has 0 radical (unpaired) electrons. The molecule has 0 spiro atoms. The molecular formula is C76H149NO5-2. The Morgan fingerprint density at radius 1 is 0.268 bits per heavy atom. The van der Waals surface area contributed by atoms with E-state index in [1.54, 1.807) is 0 Å². The molecule has 82 heavy (non-hydrogen) atoms. The Morgan fingerprint density at radius 2 is 0.427 bits per heavy atom. The van der Waals surface area contributed by atoms with Gasteiger partial charge in [-0.25, -0.2) is 0 Å². The Balaban J connectivity index is 5.52. The van der Waals surface area contributed by atoms with Crippen LogP contribution < -0.4 is 10.2 Å². The van der Waals surface area contributed by atoms with Crippen molar-refractivity contribution in [2.45, 2.75) is 458 Å². The lowest BCUT2D eigenvalue weighted by Gasteiger charge is -2.44. The number of rotatable bonds is 73. The van der Waals surface area contributed by atoms with Gasteiger partial charge in [-0.1, -0.05) is 426 Å². The van der Waals surface area contributed by atoms with E-state index in [4.69, 9.17) is 4.84 Å². The van der Waals surface area contributed by atoms with Crippen LogP contribution in [0.5, 0.6) is 0 Å². The van der Waals surface area contributed by atoms with Gasteiger partial charge in [0.05, 0.1) is 11.9 Å². The summed E-state index contributed by atoms with van der Waals surface area (Å²) in [4.78, 5) is 33.7. The Morgan fingerprint density at radius 3 is 0.585 bits per heavy atom. The highest BCUT2D eigenvalue weighted by Crippen LogP contribution is 2.38. The van der Waals surface area contributed by atoms with Crippen molar-refractivity contribution in [3.63, 3.8) is 0 Å². The maximum Gasteiger partial charge on any atom is 0.129 e. The van der Waals surface area contributed by atoms with Crippen molar-refractivity contribution in [2.24, 2.45) is 5.41 Å². The summed E-state index contributed by atoms with van der Waals surface area (Å²) in [5.41, 5.74) is -1.60. The summed E-state index contributed by atoms with van der Waals surface area (Å²) >= 11 is 0. The molecule has 1 unspecified atom stereocenters. The Kier molecular flexibility index (Phi) is 66.4. The van der Waals surface area contributed by atoms with Gasteiger partial charge in [0.2, 0.25) is 0 Å². The summed E-state index contributed by atoms with van der Waals surface area (Å²) < 4.78 is 0. The first-order valence-electron chi connectivity index (χ1n) is 38.2. The number of aliphatic carboxylic acids is 2. The summed E-state index contributed by atoms with van der Waals surface area (Å²) in [5, 5.41) is 29.0. The molecule has 0 bridgehead atoms. The third kappa shape index (κ3) is 55.4. The third-order valence-electron chi connectivity index (χ3n) is 18.9. The molecule has 0 aromatic carbocycles. The van der Waals surface area contributed by atoms with Gasteiger partial charge in [0, 0.05) is 18.5 Å². The van der Waals surface area contributed by atoms with Gasteiger partial charge in [0.25, 0.3) is 0 Å². The Labute approximate surface area is 515 Å². The molecule has 0 aliphatic rings. The van der Waals surface area contributed by atoms with Crippen molar-refractivity contribution in [1.82, 2.24) is 5.06 Å². The lowest BCUT2D eigenvalue weighted by atomic mass is 9.73. The molecule has 0 aromatic heterocycles. The van der Waals surface area contributed by atoms with E-state index in [0.717, 1.165) is 64.2 Å². The highest BCUT2D eigenvalue weighted by atomic mass is 16.7. The molecule has 0 aliphatic carbocycles. The van der Waals surface area contributed by atoms with Gasteiger partial charge in [-0.05, 0) is 25.7 Å². The number of hydrogen-bond acceptors (Lipinski definition) is 6. The zero-order chi connectivity index (χ0) is 59.6.